The topological polar surface area (TPSA) is 43.8 Å². The molecule has 0 bridgehead atoms. The van der Waals surface area contributed by atoms with E-state index in [1.165, 1.54) is 37.8 Å². The molecule has 1 heterocycles. The molecule has 1 fully saturated rings. The van der Waals surface area contributed by atoms with Crippen LogP contribution in [0.5, 0.6) is 0 Å². The number of rotatable bonds is 3. The molecule has 1 aromatic carbocycles. The number of aryl methyl sites for hydroxylation is 1. The first-order valence-corrected chi connectivity index (χ1v) is 7.54. The van der Waals surface area contributed by atoms with Crippen LogP contribution in [-0.2, 0) is 6.54 Å². The highest BCUT2D eigenvalue weighted by molar-refractivity contribution is 5.78. The fourth-order valence-electron chi connectivity index (χ4n) is 3.28. The van der Waals surface area contributed by atoms with Crippen molar-refractivity contribution in [2.24, 2.45) is 11.8 Å². The van der Waals surface area contributed by atoms with Gasteiger partial charge in [0, 0.05) is 6.54 Å². The van der Waals surface area contributed by atoms with Crippen molar-refractivity contribution in [1.82, 2.24) is 9.55 Å². The zero-order valence-electron chi connectivity index (χ0n) is 12.0. The van der Waals surface area contributed by atoms with Gasteiger partial charge in [-0.05, 0) is 36.5 Å². The van der Waals surface area contributed by atoms with Crippen molar-refractivity contribution in [3.05, 3.63) is 24.0 Å². The highest BCUT2D eigenvalue weighted by Crippen LogP contribution is 2.31. The van der Waals surface area contributed by atoms with Gasteiger partial charge in [-0.15, -0.1) is 0 Å². The van der Waals surface area contributed by atoms with E-state index in [9.17, 15) is 4.39 Å². The monoisotopic (exact) mass is 275 g/mol. The van der Waals surface area contributed by atoms with Crippen molar-refractivity contribution >= 4 is 17.0 Å². The van der Waals surface area contributed by atoms with Gasteiger partial charge in [0.2, 0.25) is 5.95 Å². The highest BCUT2D eigenvalue weighted by atomic mass is 19.1. The van der Waals surface area contributed by atoms with Crippen molar-refractivity contribution in [2.45, 2.75) is 45.6 Å². The molecule has 3 rings (SSSR count). The molecular weight excluding hydrogens is 253 g/mol. The molecular formula is C16H22FN3. The molecule has 0 radical (unpaired) electrons. The SMILES string of the molecule is CC1CCC(CCn2c(N)nc3ccc(F)cc32)CC1. The minimum Gasteiger partial charge on any atom is -0.369 e. The smallest absolute Gasteiger partial charge is 0.201 e. The first-order valence-electron chi connectivity index (χ1n) is 7.54. The summed E-state index contributed by atoms with van der Waals surface area (Å²) in [5.41, 5.74) is 7.56. The number of benzene rings is 1. The summed E-state index contributed by atoms with van der Waals surface area (Å²) in [6.07, 6.45) is 6.39. The second-order valence-electron chi connectivity index (χ2n) is 6.17. The maximum absolute atomic E-state index is 13.4. The van der Waals surface area contributed by atoms with Crippen LogP contribution in [0.1, 0.15) is 39.0 Å². The minimum atomic E-state index is -0.231. The van der Waals surface area contributed by atoms with E-state index in [0.29, 0.717) is 5.95 Å². The maximum atomic E-state index is 13.4. The quantitative estimate of drug-likeness (QED) is 0.921. The Bertz CT molecular complexity index is 597. The molecule has 1 aromatic heterocycles. The summed E-state index contributed by atoms with van der Waals surface area (Å²) in [4.78, 5) is 4.30. The van der Waals surface area contributed by atoms with Gasteiger partial charge in [0.1, 0.15) is 5.82 Å². The van der Waals surface area contributed by atoms with Crippen molar-refractivity contribution in [1.29, 1.82) is 0 Å². The third-order valence-corrected chi connectivity index (χ3v) is 4.64. The van der Waals surface area contributed by atoms with E-state index in [1.807, 2.05) is 4.57 Å². The van der Waals surface area contributed by atoms with Crippen molar-refractivity contribution in [3.63, 3.8) is 0 Å². The van der Waals surface area contributed by atoms with Gasteiger partial charge in [0.05, 0.1) is 11.0 Å². The lowest BCUT2D eigenvalue weighted by atomic mass is 9.81. The van der Waals surface area contributed by atoms with Gasteiger partial charge in [-0.25, -0.2) is 9.37 Å². The van der Waals surface area contributed by atoms with Gasteiger partial charge in [-0.2, -0.15) is 0 Å². The Kier molecular flexibility index (Phi) is 3.64. The van der Waals surface area contributed by atoms with Gasteiger partial charge >= 0.3 is 0 Å². The lowest BCUT2D eigenvalue weighted by Gasteiger charge is -2.26. The minimum absolute atomic E-state index is 0.231. The molecule has 0 atom stereocenters. The Morgan fingerprint density at radius 3 is 2.80 bits per heavy atom. The van der Waals surface area contributed by atoms with E-state index in [2.05, 4.69) is 11.9 Å². The van der Waals surface area contributed by atoms with Crippen LogP contribution < -0.4 is 5.73 Å². The third kappa shape index (κ3) is 2.65. The second-order valence-corrected chi connectivity index (χ2v) is 6.17. The average Bonchev–Trinajstić information content (AvgIpc) is 2.73. The molecule has 1 aliphatic rings. The fourth-order valence-corrected chi connectivity index (χ4v) is 3.28. The van der Waals surface area contributed by atoms with Crippen molar-refractivity contribution < 1.29 is 4.39 Å². The van der Waals surface area contributed by atoms with Crippen LogP contribution in [0.3, 0.4) is 0 Å². The number of halogens is 1. The lowest BCUT2D eigenvalue weighted by Crippen LogP contribution is -2.15. The van der Waals surface area contributed by atoms with Gasteiger partial charge in [0.25, 0.3) is 0 Å². The molecule has 0 aliphatic heterocycles. The van der Waals surface area contributed by atoms with Crippen molar-refractivity contribution in [3.8, 4) is 0 Å². The van der Waals surface area contributed by atoms with Crippen LogP contribution in [0.4, 0.5) is 10.3 Å². The predicted molar refractivity (Wildman–Crippen MR) is 79.8 cm³/mol. The van der Waals surface area contributed by atoms with Crippen LogP contribution in [0.15, 0.2) is 18.2 Å². The van der Waals surface area contributed by atoms with Crippen molar-refractivity contribution in [2.75, 3.05) is 5.73 Å². The van der Waals surface area contributed by atoms with Gasteiger partial charge in [0.15, 0.2) is 0 Å². The predicted octanol–water partition coefficient (Wildman–Crippen LogP) is 3.97. The summed E-state index contributed by atoms with van der Waals surface area (Å²) in [6, 6.07) is 4.66. The molecule has 0 amide bonds. The van der Waals surface area contributed by atoms with Gasteiger partial charge in [-0.1, -0.05) is 32.6 Å². The molecule has 3 nitrogen and oxygen atoms in total. The van der Waals surface area contributed by atoms with Crippen LogP contribution in [0.2, 0.25) is 0 Å². The number of aromatic nitrogens is 2. The zero-order valence-corrected chi connectivity index (χ0v) is 12.0. The summed E-state index contributed by atoms with van der Waals surface area (Å²) in [7, 11) is 0. The second kappa shape index (κ2) is 5.43. The average molecular weight is 275 g/mol. The number of hydrogen-bond acceptors (Lipinski definition) is 2. The number of nitrogen functional groups attached to an aromatic ring is 1. The molecule has 0 unspecified atom stereocenters. The molecule has 0 saturated heterocycles. The summed E-state index contributed by atoms with van der Waals surface area (Å²) in [5, 5.41) is 0. The van der Waals surface area contributed by atoms with E-state index < -0.39 is 0 Å². The Hall–Kier alpha value is -1.58. The molecule has 2 N–H and O–H groups in total. The summed E-state index contributed by atoms with van der Waals surface area (Å²) in [5.74, 6) is 1.91. The summed E-state index contributed by atoms with van der Waals surface area (Å²) < 4.78 is 15.3. The standard InChI is InChI=1S/C16H22FN3/c1-11-2-4-12(5-3-11)8-9-20-15-10-13(17)6-7-14(15)19-16(20)18/h6-7,10-12H,2-5,8-9H2,1H3,(H2,18,19). The number of hydrogen-bond donors (Lipinski definition) is 1. The van der Waals surface area contributed by atoms with Crippen LogP contribution in [-0.4, -0.2) is 9.55 Å². The number of anilines is 1. The largest absolute Gasteiger partial charge is 0.369 e. The van der Waals surface area contributed by atoms with Gasteiger partial charge < -0.3 is 10.3 Å². The number of nitrogens with two attached hydrogens (primary N) is 1. The van der Waals surface area contributed by atoms with Crippen LogP contribution >= 0.6 is 0 Å². The summed E-state index contributed by atoms with van der Waals surface area (Å²) in [6.45, 7) is 3.17. The lowest BCUT2D eigenvalue weighted by molar-refractivity contribution is 0.270. The van der Waals surface area contributed by atoms with E-state index in [0.717, 1.165) is 35.8 Å². The number of nitrogens with zero attached hydrogens (tertiary/aromatic N) is 2. The van der Waals surface area contributed by atoms with Gasteiger partial charge in [-0.3, -0.25) is 0 Å². The molecule has 0 spiro atoms. The molecule has 4 heteroatoms. The van der Waals surface area contributed by atoms with E-state index in [-0.39, 0.29) is 5.82 Å². The third-order valence-electron chi connectivity index (χ3n) is 4.64. The molecule has 1 aliphatic carbocycles. The zero-order chi connectivity index (χ0) is 14.1. The molecule has 108 valence electrons. The van der Waals surface area contributed by atoms with Crippen LogP contribution in [0.25, 0.3) is 11.0 Å². The number of imidazole rings is 1. The molecule has 2 aromatic rings. The van der Waals surface area contributed by atoms with E-state index in [4.69, 9.17) is 5.73 Å². The Labute approximate surface area is 119 Å². The molecule has 20 heavy (non-hydrogen) atoms. The van der Waals surface area contributed by atoms with Crippen LogP contribution in [0, 0.1) is 17.7 Å². The maximum Gasteiger partial charge on any atom is 0.201 e. The van der Waals surface area contributed by atoms with E-state index >= 15 is 0 Å². The number of fused-ring (bicyclic) bond motifs is 1. The fraction of sp³-hybridized carbons (Fsp3) is 0.562. The Morgan fingerprint density at radius 2 is 2.05 bits per heavy atom. The highest BCUT2D eigenvalue weighted by Gasteiger charge is 2.19. The first-order chi connectivity index (χ1) is 9.63. The Morgan fingerprint density at radius 1 is 1.30 bits per heavy atom. The van der Waals surface area contributed by atoms with E-state index in [1.54, 1.807) is 6.07 Å². The first kappa shape index (κ1) is 13.4. The molecule has 1 saturated carbocycles. The Balaban J connectivity index is 1.74. The normalized spacial score (nSPS) is 23.3. The summed E-state index contributed by atoms with van der Waals surface area (Å²) >= 11 is 0.